The van der Waals surface area contributed by atoms with Crippen molar-refractivity contribution in [1.29, 1.82) is 0 Å². The molecule has 0 bridgehead atoms. The number of pyridine rings is 1. The number of benzene rings is 1. The van der Waals surface area contributed by atoms with Crippen molar-refractivity contribution in [2.45, 2.75) is 84.7 Å². The molecule has 8 atom stereocenters. The number of hydrogen-bond acceptors (Lipinski definition) is 11. The molecule has 0 radical (unpaired) electrons. The molecule has 1 aromatic carbocycles. The van der Waals surface area contributed by atoms with Gasteiger partial charge in [-0.05, 0) is 68.2 Å². The second-order valence-corrected chi connectivity index (χ2v) is 14.1. The highest BCUT2D eigenvalue weighted by atomic mass is 16.6. The predicted octanol–water partition coefficient (Wildman–Crippen LogP) is 5.36. The van der Waals surface area contributed by atoms with E-state index in [1.807, 2.05) is 32.9 Å². The van der Waals surface area contributed by atoms with Crippen LogP contribution in [0.3, 0.4) is 0 Å². The van der Waals surface area contributed by atoms with Gasteiger partial charge in [0.25, 0.3) is 0 Å². The van der Waals surface area contributed by atoms with Gasteiger partial charge in [-0.2, -0.15) is 0 Å². The predicted molar refractivity (Wildman–Crippen MR) is 172 cm³/mol. The van der Waals surface area contributed by atoms with Gasteiger partial charge in [0.2, 0.25) is 0 Å². The molecule has 0 spiro atoms. The molecule has 3 aromatic rings. The third-order valence-corrected chi connectivity index (χ3v) is 11.0. The average Bonchev–Trinajstić information content (AvgIpc) is 3.02. The number of aliphatic hydroxyl groups is 1. The molecule has 0 saturated heterocycles. The largest absolute Gasteiger partial charge is 0.482 e. The molecule has 11 nitrogen and oxygen atoms in total. The van der Waals surface area contributed by atoms with Crippen molar-refractivity contribution >= 4 is 17.9 Å². The zero-order chi connectivity index (χ0) is 34.6. The first-order chi connectivity index (χ1) is 22.7. The molecule has 48 heavy (non-hydrogen) atoms. The standard InChI is InChI=1S/C37H41NO10/c1-20-10-7-8-12-24(20)33(42)47-29-17-27-35(4,14-13-28(45-22(3)40)36(27,5)19-44-21(2)39)32-31(41)30-26(48-37(29,32)6)16-25(46-34(30)43)23-11-9-15-38-18-23/h7-12,15-16,18,27-29,31-32,41H,13-14,17,19H2,1-6H3/t27?,28-,29-,31-,32?,35-,36-,37+/m0/s1. The van der Waals surface area contributed by atoms with Gasteiger partial charge >= 0.3 is 23.5 Å². The fraction of sp³-hybridized carbons (Fsp3) is 0.486. The maximum atomic E-state index is 13.8. The summed E-state index contributed by atoms with van der Waals surface area (Å²) >= 11 is 0. The summed E-state index contributed by atoms with van der Waals surface area (Å²) in [7, 11) is 0. The molecule has 2 fully saturated rings. The first-order valence-corrected chi connectivity index (χ1v) is 16.2. The molecule has 3 aliphatic rings. The summed E-state index contributed by atoms with van der Waals surface area (Å²) < 4.78 is 30.3. The van der Waals surface area contributed by atoms with Crippen LogP contribution in [-0.2, 0) is 23.8 Å². The van der Waals surface area contributed by atoms with Crippen LogP contribution in [0, 0.1) is 29.6 Å². The summed E-state index contributed by atoms with van der Waals surface area (Å²) in [5.74, 6) is -2.42. The molecule has 11 heteroatoms. The van der Waals surface area contributed by atoms with E-state index < -0.39 is 70.1 Å². The van der Waals surface area contributed by atoms with Crippen molar-refractivity contribution in [1.82, 2.24) is 4.98 Å². The Bertz CT molecular complexity index is 1800. The van der Waals surface area contributed by atoms with Crippen LogP contribution in [0.15, 0.2) is 64.1 Å². The van der Waals surface area contributed by atoms with E-state index in [1.165, 1.54) is 13.8 Å². The summed E-state index contributed by atoms with van der Waals surface area (Å²) in [6.45, 7) is 10.1. The van der Waals surface area contributed by atoms with Gasteiger partial charge in [0, 0.05) is 49.2 Å². The normalized spacial score (nSPS) is 32.0. The van der Waals surface area contributed by atoms with E-state index >= 15 is 0 Å². The molecule has 0 amide bonds. The quantitative estimate of drug-likeness (QED) is 0.269. The van der Waals surface area contributed by atoms with Crippen molar-refractivity contribution in [2.75, 3.05) is 6.61 Å². The number of aliphatic hydroxyl groups excluding tert-OH is 1. The monoisotopic (exact) mass is 659 g/mol. The number of rotatable bonds is 6. The molecule has 254 valence electrons. The van der Waals surface area contributed by atoms with E-state index in [4.69, 9.17) is 23.4 Å². The van der Waals surface area contributed by atoms with E-state index in [1.54, 1.807) is 49.6 Å². The molecular formula is C37H41NO10. The van der Waals surface area contributed by atoms with Crippen LogP contribution in [-0.4, -0.2) is 52.4 Å². The zero-order valence-electron chi connectivity index (χ0n) is 28.0. The Balaban J connectivity index is 1.51. The molecule has 2 aromatic heterocycles. The van der Waals surface area contributed by atoms with Crippen LogP contribution < -0.4 is 10.4 Å². The van der Waals surface area contributed by atoms with Crippen molar-refractivity contribution in [3.63, 3.8) is 0 Å². The second kappa shape index (κ2) is 12.2. The Labute approximate surface area is 278 Å². The molecule has 1 N–H and O–H groups in total. The lowest BCUT2D eigenvalue weighted by atomic mass is 9.42. The minimum Gasteiger partial charge on any atom is -0.482 e. The molecule has 2 saturated carbocycles. The van der Waals surface area contributed by atoms with Gasteiger partial charge in [-0.1, -0.05) is 32.0 Å². The number of carbonyl (C=O) groups is 3. The summed E-state index contributed by atoms with van der Waals surface area (Å²) in [6, 6.07) is 12.1. The third kappa shape index (κ3) is 5.47. The van der Waals surface area contributed by atoms with E-state index in [0.29, 0.717) is 24.0 Å². The SMILES string of the molecule is CC(=O)OC[C@@]1(C)C2C[C@H](OC(=O)c3ccccc3C)[C@@]3(C)Oc4cc(-c5cccnc5)oc(=O)c4[C@H](O)C3[C@@]2(C)CC[C@@H]1OC(C)=O. The van der Waals surface area contributed by atoms with E-state index in [0.717, 1.165) is 5.56 Å². The van der Waals surface area contributed by atoms with Gasteiger partial charge in [-0.3, -0.25) is 14.6 Å². The van der Waals surface area contributed by atoms with Crippen molar-refractivity contribution < 1.29 is 42.9 Å². The van der Waals surface area contributed by atoms with Crippen molar-refractivity contribution in [3.8, 4) is 17.1 Å². The lowest BCUT2D eigenvalue weighted by Crippen LogP contribution is -2.71. The molecule has 2 unspecified atom stereocenters. The highest BCUT2D eigenvalue weighted by Crippen LogP contribution is 2.67. The van der Waals surface area contributed by atoms with Gasteiger partial charge in [0.1, 0.15) is 41.5 Å². The van der Waals surface area contributed by atoms with Crippen LogP contribution in [0.1, 0.15) is 81.5 Å². The lowest BCUT2D eigenvalue weighted by molar-refractivity contribution is -0.266. The first-order valence-electron chi connectivity index (χ1n) is 16.2. The minimum atomic E-state index is -1.38. The minimum absolute atomic E-state index is 0.0280. The van der Waals surface area contributed by atoms with E-state index in [9.17, 15) is 24.3 Å². The van der Waals surface area contributed by atoms with Crippen LogP contribution in [0.25, 0.3) is 11.3 Å². The Morgan fingerprint density at radius 3 is 2.44 bits per heavy atom. The number of aryl methyl sites for hydroxylation is 1. The van der Waals surface area contributed by atoms with Gasteiger partial charge in [0.15, 0.2) is 0 Å². The number of nitrogens with zero attached hydrogens (tertiary/aromatic N) is 1. The van der Waals surface area contributed by atoms with Gasteiger partial charge in [0.05, 0.1) is 11.7 Å². The molecule has 6 rings (SSSR count). The Morgan fingerprint density at radius 1 is 1.02 bits per heavy atom. The Hall–Kier alpha value is -4.51. The van der Waals surface area contributed by atoms with Crippen LogP contribution >= 0.6 is 0 Å². The topological polar surface area (TPSA) is 151 Å². The zero-order valence-corrected chi connectivity index (χ0v) is 28.0. The average molecular weight is 660 g/mol. The Kier molecular flexibility index (Phi) is 8.47. The number of ether oxygens (including phenoxy) is 4. The third-order valence-electron chi connectivity index (χ3n) is 11.0. The molecule has 3 heterocycles. The van der Waals surface area contributed by atoms with E-state index in [-0.39, 0.29) is 30.1 Å². The summed E-state index contributed by atoms with van der Waals surface area (Å²) in [5, 5.41) is 12.3. The summed E-state index contributed by atoms with van der Waals surface area (Å²) in [5.41, 5.74) is -2.18. The molecule has 2 aliphatic carbocycles. The number of hydrogen-bond donors (Lipinski definition) is 1. The summed E-state index contributed by atoms with van der Waals surface area (Å²) in [6.07, 6.45) is 1.30. The molecule has 1 aliphatic heterocycles. The lowest BCUT2D eigenvalue weighted by Gasteiger charge is -2.66. The van der Waals surface area contributed by atoms with Crippen LogP contribution in [0.4, 0.5) is 0 Å². The maximum Gasteiger partial charge on any atom is 0.345 e. The van der Waals surface area contributed by atoms with Gasteiger partial charge < -0.3 is 28.5 Å². The highest BCUT2D eigenvalue weighted by Gasteiger charge is 2.71. The van der Waals surface area contributed by atoms with Crippen LogP contribution in [0.2, 0.25) is 0 Å². The number of aromatic nitrogens is 1. The Morgan fingerprint density at radius 2 is 1.77 bits per heavy atom. The molecular weight excluding hydrogens is 618 g/mol. The van der Waals surface area contributed by atoms with E-state index in [2.05, 4.69) is 4.98 Å². The fourth-order valence-electron chi connectivity index (χ4n) is 8.83. The van der Waals surface area contributed by atoms with Gasteiger partial charge in [-0.25, -0.2) is 9.59 Å². The fourth-order valence-corrected chi connectivity index (χ4v) is 8.83. The highest BCUT2D eigenvalue weighted by molar-refractivity contribution is 5.91. The number of carbonyl (C=O) groups excluding carboxylic acids is 3. The second-order valence-electron chi connectivity index (χ2n) is 14.1. The number of fused-ring (bicyclic) bond motifs is 4. The van der Waals surface area contributed by atoms with Gasteiger partial charge in [-0.15, -0.1) is 0 Å². The maximum absolute atomic E-state index is 13.8. The van der Waals surface area contributed by atoms with Crippen molar-refractivity contribution in [3.05, 3.63) is 82.0 Å². The number of esters is 3. The smallest absolute Gasteiger partial charge is 0.345 e. The van der Waals surface area contributed by atoms with Crippen LogP contribution in [0.5, 0.6) is 5.75 Å². The first kappa shape index (κ1) is 33.4. The van der Waals surface area contributed by atoms with Crippen molar-refractivity contribution in [2.24, 2.45) is 22.7 Å². The summed E-state index contributed by atoms with van der Waals surface area (Å²) in [4.78, 5) is 56.0.